The molecule has 0 spiro atoms. The van der Waals surface area contributed by atoms with Gasteiger partial charge in [-0.25, -0.2) is 4.98 Å². The molecule has 0 aromatic carbocycles. The molecule has 10 heteroatoms. The summed E-state index contributed by atoms with van der Waals surface area (Å²) in [5, 5.41) is 29.4. The number of hydrogen-bond donors (Lipinski definition) is 4. The van der Waals surface area contributed by atoms with Crippen LogP contribution in [0.15, 0.2) is 6.33 Å². The van der Waals surface area contributed by atoms with Gasteiger partial charge in [0.1, 0.15) is 17.8 Å². The van der Waals surface area contributed by atoms with E-state index in [0.717, 1.165) is 0 Å². The predicted octanol–water partition coefficient (Wildman–Crippen LogP) is -1.45. The van der Waals surface area contributed by atoms with E-state index >= 15 is 0 Å². The van der Waals surface area contributed by atoms with Crippen molar-refractivity contribution in [1.29, 1.82) is 0 Å². The van der Waals surface area contributed by atoms with Crippen molar-refractivity contribution in [2.45, 2.75) is 31.0 Å². The molecule has 0 bridgehead atoms. The first-order chi connectivity index (χ1) is 9.87. The molecule has 1 saturated heterocycles. The molecule has 0 aliphatic carbocycles. The number of rotatable bonds is 2. The van der Waals surface area contributed by atoms with Gasteiger partial charge in [0.25, 0.3) is 0 Å². The predicted molar refractivity (Wildman–Crippen MR) is 67.3 cm³/mol. The summed E-state index contributed by atoms with van der Waals surface area (Å²) in [6.07, 6.45) is -3.55. The number of nitrogens with two attached hydrogens (primary N) is 1. The number of fused-ring (bicyclic) bond motifs is 1. The molecule has 1 aliphatic heterocycles. The minimum atomic E-state index is -1.35. The lowest BCUT2D eigenvalue weighted by molar-refractivity contribution is -0.115. The molecule has 5 N–H and O–H groups in total. The van der Waals surface area contributed by atoms with Crippen LogP contribution in [0.4, 0.5) is 10.2 Å². The highest BCUT2D eigenvalue weighted by molar-refractivity contribution is 5.81. The molecule has 1 aliphatic rings. The summed E-state index contributed by atoms with van der Waals surface area (Å²) in [5.74, 6) is -0.144. The van der Waals surface area contributed by atoms with E-state index in [2.05, 4.69) is 15.0 Å². The van der Waals surface area contributed by atoms with Gasteiger partial charge in [-0.1, -0.05) is 0 Å². The molecule has 4 atom stereocenters. The fourth-order valence-corrected chi connectivity index (χ4v) is 2.38. The lowest BCUT2D eigenvalue weighted by Crippen LogP contribution is -2.43. The molecule has 0 saturated carbocycles. The molecule has 3 heterocycles. The highest BCUT2D eigenvalue weighted by atomic mass is 19.1. The molecule has 9 nitrogen and oxygen atoms in total. The normalized spacial score (nSPS) is 32.9. The summed E-state index contributed by atoms with van der Waals surface area (Å²) < 4.78 is 20.0. The fourth-order valence-electron chi connectivity index (χ4n) is 2.38. The Kier molecular flexibility index (Phi) is 3.06. The quantitative estimate of drug-likeness (QED) is 0.494. The number of nitrogen functional groups attached to an aromatic ring is 1. The molecular weight excluding hydrogens is 285 g/mol. The van der Waals surface area contributed by atoms with E-state index in [1.165, 1.54) is 17.8 Å². The van der Waals surface area contributed by atoms with Gasteiger partial charge < -0.3 is 25.8 Å². The van der Waals surface area contributed by atoms with Crippen molar-refractivity contribution in [2.24, 2.45) is 0 Å². The second-order valence-corrected chi connectivity index (χ2v) is 5.12. The van der Waals surface area contributed by atoms with Crippen LogP contribution < -0.4 is 5.73 Å². The summed E-state index contributed by atoms with van der Waals surface area (Å²) in [6.45, 7) is 0.948. The monoisotopic (exact) mass is 299 g/mol. The molecule has 3 rings (SSSR count). The second kappa shape index (κ2) is 4.56. The van der Waals surface area contributed by atoms with Gasteiger partial charge in [0.05, 0.1) is 12.9 Å². The highest BCUT2D eigenvalue weighted by Crippen LogP contribution is 2.38. The van der Waals surface area contributed by atoms with Crippen LogP contribution in [0.5, 0.6) is 0 Å². The van der Waals surface area contributed by atoms with Crippen molar-refractivity contribution in [3.63, 3.8) is 0 Å². The standard InChI is InChI=1S/C11H14FN5O4/c1-11(2-18)6(20)5(19)9(21-11)17-3-14-4-7(13)15-10(12)16-8(4)17/h3,5-6,9,18-20H,2H2,1H3,(H2,13,15,16)/t5-,6-,9+,11+/m0/s1. The Bertz CT molecular complexity index is 695. The lowest BCUT2D eigenvalue weighted by Gasteiger charge is -2.24. The van der Waals surface area contributed by atoms with Crippen LogP contribution in [0, 0.1) is 6.08 Å². The Hall–Kier alpha value is -1.88. The van der Waals surface area contributed by atoms with Crippen molar-refractivity contribution in [1.82, 2.24) is 19.5 Å². The van der Waals surface area contributed by atoms with E-state index in [4.69, 9.17) is 10.5 Å². The molecule has 2 aromatic heterocycles. The zero-order chi connectivity index (χ0) is 15.4. The maximum atomic E-state index is 13.3. The third kappa shape index (κ3) is 1.95. The van der Waals surface area contributed by atoms with Crippen LogP contribution in [0.2, 0.25) is 0 Å². The van der Waals surface area contributed by atoms with Crippen LogP contribution in [0.1, 0.15) is 13.2 Å². The van der Waals surface area contributed by atoms with Gasteiger partial charge in [0.15, 0.2) is 23.2 Å². The first-order valence-corrected chi connectivity index (χ1v) is 6.18. The number of ether oxygens (including phenoxy) is 1. The van der Waals surface area contributed by atoms with Gasteiger partial charge >= 0.3 is 6.08 Å². The second-order valence-electron chi connectivity index (χ2n) is 5.12. The number of anilines is 1. The number of halogens is 1. The largest absolute Gasteiger partial charge is 0.393 e. The maximum absolute atomic E-state index is 13.3. The van der Waals surface area contributed by atoms with E-state index in [0.29, 0.717) is 0 Å². The molecule has 2 aromatic rings. The SMILES string of the molecule is C[C@]1(CO)O[C@@H](n2cnc3c(N)nc(F)nc32)[C@@H](O)[C@@H]1O. The molecule has 0 amide bonds. The third-order valence-corrected chi connectivity index (χ3v) is 3.64. The van der Waals surface area contributed by atoms with E-state index in [9.17, 15) is 19.7 Å². The summed E-state index contributed by atoms with van der Waals surface area (Å²) >= 11 is 0. The van der Waals surface area contributed by atoms with Crippen molar-refractivity contribution in [2.75, 3.05) is 12.3 Å². The zero-order valence-corrected chi connectivity index (χ0v) is 11.0. The molecule has 0 radical (unpaired) electrons. The first kappa shape index (κ1) is 14.1. The van der Waals surface area contributed by atoms with Crippen molar-refractivity contribution in [3.05, 3.63) is 12.4 Å². The van der Waals surface area contributed by atoms with Gasteiger partial charge in [-0.3, -0.25) is 4.57 Å². The Morgan fingerprint density at radius 1 is 1.48 bits per heavy atom. The van der Waals surface area contributed by atoms with Gasteiger partial charge in [0.2, 0.25) is 0 Å². The number of imidazole rings is 1. The molecule has 114 valence electrons. The number of aliphatic hydroxyl groups excluding tert-OH is 3. The number of aliphatic hydroxyl groups is 3. The van der Waals surface area contributed by atoms with E-state index in [1.807, 2.05) is 0 Å². The van der Waals surface area contributed by atoms with Gasteiger partial charge in [0, 0.05) is 0 Å². The Labute approximate surface area is 117 Å². The maximum Gasteiger partial charge on any atom is 0.312 e. The molecular formula is C11H14FN5O4. The topological polar surface area (TPSA) is 140 Å². The number of nitrogens with zero attached hydrogens (tertiary/aromatic N) is 4. The first-order valence-electron chi connectivity index (χ1n) is 6.18. The zero-order valence-electron chi connectivity index (χ0n) is 11.0. The van der Waals surface area contributed by atoms with Crippen LogP contribution in [-0.4, -0.2) is 59.3 Å². The minimum Gasteiger partial charge on any atom is -0.393 e. The lowest BCUT2D eigenvalue weighted by atomic mass is 9.99. The van der Waals surface area contributed by atoms with E-state index < -0.39 is 36.7 Å². The highest BCUT2D eigenvalue weighted by Gasteiger charge is 2.52. The number of hydrogen-bond acceptors (Lipinski definition) is 8. The minimum absolute atomic E-state index is 0.0263. The van der Waals surface area contributed by atoms with Crippen molar-refractivity contribution < 1.29 is 24.4 Å². The number of aromatic nitrogens is 4. The van der Waals surface area contributed by atoms with Crippen LogP contribution in [-0.2, 0) is 4.74 Å². The molecule has 1 fully saturated rings. The van der Waals surface area contributed by atoms with Crippen molar-refractivity contribution >= 4 is 17.0 Å². The van der Waals surface area contributed by atoms with Gasteiger partial charge in [-0.2, -0.15) is 14.4 Å². The average Bonchev–Trinajstić information content (AvgIpc) is 2.95. The van der Waals surface area contributed by atoms with Gasteiger partial charge in [-0.15, -0.1) is 0 Å². The van der Waals surface area contributed by atoms with E-state index in [1.54, 1.807) is 0 Å². The molecule has 21 heavy (non-hydrogen) atoms. The Balaban J connectivity index is 2.10. The summed E-state index contributed by atoms with van der Waals surface area (Å²) in [5.41, 5.74) is 4.38. The van der Waals surface area contributed by atoms with E-state index in [-0.39, 0.29) is 17.0 Å². The third-order valence-electron chi connectivity index (χ3n) is 3.64. The van der Waals surface area contributed by atoms with Gasteiger partial charge in [-0.05, 0) is 6.92 Å². The van der Waals surface area contributed by atoms with Crippen LogP contribution >= 0.6 is 0 Å². The van der Waals surface area contributed by atoms with Crippen molar-refractivity contribution in [3.8, 4) is 0 Å². The Morgan fingerprint density at radius 2 is 2.19 bits per heavy atom. The fraction of sp³-hybridized carbons (Fsp3) is 0.545. The smallest absolute Gasteiger partial charge is 0.312 e. The summed E-state index contributed by atoms with van der Waals surface area (Å²) in [7, 11) is 0. The van der Waals surface area contributed by atoms with Crippen LogP contribution in [0.25, 0.3) is 11.2 Å². The van der Waals surface area contributed by atoms with Crippen LogP contribution in [0.3, 0.4) is 0 Å². The Morgan fingerprint density at radius 3 is 2.81 bits per heavy atom. The molecule has 0 unspecified atom stereocenters. The summed E-state index contributed by atoms with van der Waals surface area (Å²) in [6, 6.07) is 0. The average molecular weight is 299 g/mol. The summed E-state index contributed by atoms with van der Waals surface area (Å²) in [4.78, 5) is 10.9.